The van der Waals surface area contributed by atoms with Crippen molar-refractivity contribution in [1.82, 2.24) is 9.78 Å². The molecule has 0 saturated carbocycles. The van der Waals surface area contributed by atoms with Crippen molar-refractivity contribution in [3.63, 3.8) is 0 Å². The van der Waals surface area contributed by atoms with E-state index < -0.39 is 5.41 Å². The first-order chi connectivity index (χ1) is 7.98. The number of carbonyl (C=O) groups is 1. The van der Waals surface area contributed by atoms with Crippen LogP contribution in [0.3, 0.4) is 0 Å². The molecule has 0 N–H and O–H groups in total. The van der Waals surface area contributed by atoms with Crippen LogP contribution >= 0.6 is 0 Å². The quantitative estimate of drug-likeness (QED) is 0.744. The number of benzene rings is 1. The second-order valence-corrected chi connectivity index (χ2v) is 4.61. The molecule has 2 aromatic rings. The molecule has 0 aliphatic rings. The van der Waals surface area contributed by atoms with E-state index in [0.717, 1.165) is 16.6 Å². The predicted molar refractivity (Wildman–Crippen MR) is 65.8 cm³/mol. The van der Waals surface area contributed by atoms with Crippen molar-refractivity contribution in [3.05, 3.63) is 30.0 Å². The van der Waals surface area contributed by atoms with Gasteiger partial charge in [-0.3, -0.25) is 9.48 Å². The molecule has 0 radical (unpaired) electrons. The van der Waals surface area contributed by atoms with Gasteiger partial charge in [-0.25, -0.2) is 0 Å². The molecule has 0 atom stereocenters. The van der Waals surface area contributed by atoms with Gasteiger partial charge in [0.2, 0.25) is 0 Å². The monoisotopic (exact) mass is 232 g/mol. The third kappa shape index (κ3) is 1.69. The molecule has 0 fully saturated rings. The Balaban J connectivity index is 2.68. The smallest absolute Gasteiger partial charge is 0.317 e. The van der Waals surface area contributed by atoms with Crippen LogP contribution in [-0.2, 0) is 22.0 Å². The molecule has 0 bridgehead atoms. The first kappa shape index (κ1) is 11.6. The number of fused-ring (bicyclic) bond motifs is 1. The number of rotatable bonds is 2. The van der Waals surface area contributed by atoms with Crippen molar-refractivity contribution in [1.29, 1.82) is 0 Å². The van der Waals surface area contributed by atoms with Crippen LogP contribution in [0, 0.1) is 0 Å². The summed E-state index contributed by atoms with van der Waals surface area (Å²) in [5.74, 6) is -0.277. The highest BCUT2D eigenvalue weighted by Gasteiger charge is 2.35. The Labute approximate surface area is 100 Å². The maximum absolute atomic E-state index is 11.8. The van der Waals surface area contributed by atoms with Gasteiger partial charge in [0.1, 0.15) is 5.41 Å². The maximum atomic E-state index is 11.8. The Hall–Kier alpha value is -1.84. The number of nitrogens with zero attached hydrogens (tertiary/aromatic N) is 2. The average molecular weight is 232 g/mol. The fourth-order valence-electron chi connectivity index (χ4n) is 2.03. The lowest BCUT2D eigenvalue weighted by atomic mass is 9.87. The van der Waals surface area contributed by atoms with Crippen molar-refractivity contribution in [3.8, 4) is 0 Å². The molecule has 0 aliphatic carbocycles. The van der Waals surface area contributed by atoms with Gasteiger partial charge in [-0.15, -0.1) is 0 Å². The number of esters is 1. The molecule has 0 aliphatic heterocycles. The summed E-state index contributed by atoms with van der Waals surface area (Å²) in [5, 5.41) is 5.44. The van der Waals surface area contributed by atoms with Crippen molar-refractivity contribution in [2.45, 2.75) is 19.3 Å². The zero-order chi connectivity index (χ0) is 12.6. The van der Waals surface area contributed by atoms with Crippen LogP contribution in [0.2, 0.25) is 0 Å². The highest BCUT2D eigenvalue weighted by Crippen LogP contribution is 2.30. The number of aromatic nitrogens is 2. The largest absolute Gasteiger partial charge is 0.468 e. The number of hydrogen-bond acceptors (Lipinski definition) is 3. The minimum atomic E-state index is -0.740. The van der Waals surface area contributed by atoms with Crippen LogP contribution in [-0.4, -0.2) is 22.9 Å². The van der Waals surface area contributed by atoms with E-state index in [0.29, 0.717) is 0 Å². The molecular formula is C13H16N2O2. The third-order valence-corrected chi connectivity index (χ3v) is 3.05. The number of carbonyl (C=O) groups excluding carboxylic acids is 1. The number of methoxy groups -OCH3 is 1. The molecule has 1 heterocycles. The predicted octanol–water partition coefficient (Wildman–Crippen LogP) is 2.02. The van der Waals surface area contributed by atoms with E-state index in [2.05, 4.69) is 5.10 Å². The first-order valence-corrected chi connectivity index (χ1v) is 5.49. The Morgan fingerprint density at radius 2 is 2.00 bits per heavy atom. The summed E-state index contributed by atoms with van der Waals surface area (Å²) in [5.41, 5.74) is 1.03. The van der Waals surface area contributed by atoms with E-state index in [4.69, 9.17) is 4.74 Å². The lowest BCUT2D eigenvalue weighted by Gasteiger charge is -2.19. The van der Waals surface area contributed by atoms with Crippen LogP contribution < -0.4 is 0 Å². The minimum absolute atomic E-state index is 0.277. The van der Waals surface area contributed by atoms with Crippen molar-refractivity contribution in [2.24, 2.45) is 7.05 Å². The number of para-hydroxylation sites is 1. The summed E-state index contributed by atoms with van der Waals surface area (Å²) >= 11 is 0. The molecule has 0 amide bonds. The summed E-state index contributed by atoms with van der Waals surface area (Å²) < 4.78 is 6.63. The lowest BCUT2D eigenvalue weighted by molar-refractivity contribution is -0.146. The van der Waals surface area contributed by atoms with Crippen LogP contribution in [0.15, 0.2) is 24.3 Å². The zero-order valence-corrected chi connectivity index (χ0v) is 10.5. The molecule has 2 rings (SSSR count). The normalized spacial score (nSPS) is 11.8. The number of aryl methyl sites for hydroxylation is 1. The van der Waals surface area contributed by atoms with E-state index in [-0.39, 0.29) is 5.97 Å². The summed E-state index contributed by atoms with van der Waals surface area (Å²) in [6, 6.07) is 7.86. The molecule has 0 spiro atoms. The Kier molecular flexibility index (Phi) is 2.65. The maximum Gasteiger partial charge on any atom is 0.317 e. The summed E-state index contributed by atoms with van der Waals surface area (Å²) in [4.78, 5) is 11.8. The fraction of sp³-hybridized carbons (Fsp3) is 0.385. The van der Waals surface area contributed by atoms with Crippen LogP contribution in [0.25, 0.3) is 10.9 Å². The lowest BCUT2D eigenvalue weighted by Crippen LogP contribution is -2.31. The van der Waals surface area contributed by atoms with Gasteiger partial charge in [-0.2, -0.15) is 5.10 Å². The van der Waals surface area contributed by atoms with Gasteiger partial charge in [-0.05, 0) is 19.9 Å². The van der Waals surface area contributed by atoms with Gasteiger partial charge in [0.25, 0.3) is 0 Å². The summed E-state index contributed by atoms with van der Waals surface area (Å²) in [6.45, 7) is 3.65. The SMILES string of the molecule is COC(=O)C(C)(C)c1nn(C)c2ccccc12. The van der Waals surface area contributed by atoms with Crippen LogP contribution in [0.5, 0.6) is 0 Å². The molecule has 0 unspecified atom stereocenters. The summed E-state index contributed by atoms with van der Waals surface area (Å²) in [7, 11) is 3.27. The van der Waals surface area contributed by atoms with E-state index in [1.54, 1.807) is 4.68 Å². The Morgan fingerprint density at radius 3 is 2.65 bits per heavy atom. The second kappa shape index (κ2) is 3.87. The van der Waals surface area contributed by atoms with Crippen LogP contribution in [0.1, 0.15) is 19.5 Å². The van der Waals surface area contributed by atoms with Crippen molar-refractivity contribution < 1.29 is 9.53 Å². The molecule has 4 heteroatoms. The standard InChI is InChI=1S/C13H16N2O2/c1-13(2,12(16)17-4)11-9-7-5-6-8-10(9)15(3)14-11/h5-8H,1-4H3. The molecule has 1 aromatic carbocycles. The number of hydrogen-bond donors (Lipinski definition) is 0. The average Bonchev–Trinajstić information content (AvgIpc) is 2.67. The molecule has 4 nitrogen and oxygen atoms in total. The van der Waals surface area contributed by atoms with E-state index in [1.165, 1.54) is 7.11 Å². The van der Waals surface area contributed by atoms with Gasteiger partial charge in [0.05, 0.1) is 18.3 Å². The van der Waals surface area contributed by atoms with Gasteiger partial charge < -0.3 is 4.74 Å². The third-order valence-electron chi connectivity index (χ3n) is 3.05. The molecule has 90 valence electrons. The highest BCUT2D eigenvalue weighted by atomic mass is 16.5. The molecule has 17 heavy (non-hydrogen) atoms. The second-order valence-electron chi connectivity index (χ2n) is 4.61. The van der Waals surface area contributed by atoms with Gasteiger partial charge in [-0.1, -0.05) is 18.2 Å². The Bertz CT molecular complexity index is 570. The van der Waals surface area contributed by atoms with E-state index in [1.807, 2.05) is 45.2 Å². The Morgan fingerprint density at radius 1 is 1.35 bits per heavy atom. The van der Waals surface area contributed by atoms with Crippen molar-refractivity contribution >= 4 is 16.9 Å². The minimum Gasteiger partial charge on any atom is -0.468 e. The first-order valence-electron chi connectivity index (χ1n) is 5.49. The van der Waals surface area contributed by atoms with Gasteiger partial charge >= 0.3 is 5.97 Å². The topological polar surface area (TPSA) is 44.1 Å². The number of ether oxygens (including phenoxy) is 1. The van der Waals surface area contributed by atoms with Gasteiger partial charge in [0.15, 0.2) is 0 Å². The van der Waals surface area contributed by atoms with Crippen LogP contribution in [0.4, 0.5) is 0 Å². The van der Waals surface area contributed by atoms with E-state index in [9.17, 15) is 4.79 Å². The summed E-state index contributed by atoms with van der Waals surface area (Å²) in [6.07, 6.45) is 0. The molecule has 0 saturated heterocycles. The highest BCUT2D eigenvalue weighted by molar-refractivity contribution is 5.90. The zero-order valence-electron chi connectivity index (χ0n) is 10.5. The van der Waals surface area contributed by atoms with E-state index >= 15 is 0 Å². The van der Waals surface area contributed by atoms with Crippen molar-refractivity contribution in [2.75, 3.05) is 7.11 Å². The molecular weight excluding hydrogens is 216 g/mol. The molecule has 1 aromatic heterocycles. The van der Waals surface area contributed by atoms with Gasteiger partial charge in [0, 0.05) is 12.4 Å². The fourth-order valence-corrected chi connectivity index (χ4v) is 2.03.